The molecule has 0 rings (SSSR count). The smallest absolute Gasteiger partial charge is 0.310 e. The number of rotatable bonds is 20. The number of hydrogen-bond acceptors (Lipinski definition) is 2. The first kappa shape index (κ1) is 26.2. The molecule has 0 N–H and O–H groups in total. The minimum atomic E-state index is -0.0461. The number of hydrogen-bond donors (Lipinski definition) is 0. The van der Waals surface area contributed by atoms with Crippen molar-refractivity contribution in [2.45, 2.75) is 136 Å². The Morgan fingerprint density at radius 2 is 1.15 bits per heavy atom. The molecule has 1 unspecified atom stereocenters. The van der Waals surface area contributed by atoms with Crippen LogP contribution in [0.4, 0.5) is 0 Å². The molecule has 2 heteroatoms. The van der Waals surface area contributed by atoms with Gasteiger partial charge >= 0.3 is 5.97 Å². The third-order valence-corrected chi connectivity index (χ3v) is 5.42. The first-order valence-corrected chi connectivity index (χ1v) is 12.1. The van der Waals surface area contributed by atoms with Crippen LogP contribution in [-0.4, -0.2) is 5.97 Å². The molecule has 0 spiro atoms. The largest absolute Gasteiger partial charge is 0.435 e. The lowest BCUT2D eigenvalue weighted by atomic mass is 9.91. The van der Waals surface area contributed by atoms with Gasteiger partial charge in [0.25, 0.3) is 0 Å². The van der Waals surface area contributed by atoms with E-state index >= 15 is 0 Å². The fraction of sp³-hybridized carbons (Fsp3) is 0.880. The number of carbonyl (C=O) groups is 1. The molecule has 0 amide bonds. The van der Waals surface area contributed by atoms with Gasteiger partial charge < -0.3 is 4.74 Å². The quantitative estimate of drug-likeness (QED) is 0.120. The fourth-order valence-corrected chi connectivity index (χ4v) is 3.63. The number of carbonyl (C=O) groups excluding carboxylic acids is 1. The van der Waals surface area contributed by atoms with Gasteiger partial charge in [-0.2, -0.15) is 0 Å². The molecule has 0 aliphatic carbocycles. The molecule has 1 atom stereocenters. The first-order chi connectivity index (χ1) is 13.2. The van der Waals surface area contributed by atoms with Gasteiger partial charge in [0, 0.05) is 6.42 Å². The van der Waals surface area contributed by atoms with Gasteiger partial charge in [0.2, 0.25) is 0 Å². The molecule has 0 saturated heterocycles. The summed E-state index contributed by atoms with van der Waals surface area (Å²) in [5, 5.41) is 0. The van der Waals surface area contributed by atoms with Crippen LogP contribution in [0.1, 0.15) is 136 Å². The van der Waals surface area contributed by atoms with Crippen molar-refractivity contribution in [1.29, 1.82) is 0 Å². The van der Waals surface area contributed by atoms with E-state index in [-0.39, 0.29) is 5.97 Å². The van der Waals surface area contributed by atoms with E-state index in [2.05, 4.69) is 13.8 Å². The Kier molecular flexibility index (Phi) is 20.9. The Morgan fingerprint density at radius 3 is 1.59 bits per heavy atom. The van der Waals surface area contributed by atoms with Crippen LogP contribution in [-0.2, 0) is 9.53 Å². The highest BCUT2D eigenvalue weighted by atomic mass is 16.5. The summed E-state index contributed by atoms with van der Waals surface area (Å²) < 4.78 is 5.24. The van der Waals surface area contributed by atoms with Crippen LogP contribution in [0.3, 0.4) is 0 Å². The second kappa shape index (κ2) is 21.5. The molecular weight excluding hydrogens is 332 g/mol. The van der Waals surface area contributed by atoms with Crippen molar-refractivity contribution >= 4 is 5.97 Å². The predicted molar refractivity (Wildman–Crippen MR) is 119 cm³/mol. The van der Waals surface area contributed by atoms with E-state index in [1.165, 1.54) is 103 Å². The number of unbranched alkanes of at least 4 members (excludes halogenated alkanes) is 12. The molecule has 2 nitrogen and oxygen atoms in total. The van der Waals surface area contributed by atoms with Crippen LogP contribution >= 0.6 is 0 Å². The van der Waals surface area contributed by atoms with Gasteiger partial charge in [0.05, 0.1) is 6.26 Å². The average molecular weight is 381 g/mol. The highest BCUT2D eigenvalue weighted by molar-refractivity contribution is 5.70. The molecule has 0 aromatic carbocycles. The van der Waals surface area contributed by atoms with Crippen molar-refractivity contribution < 1.29 is 9.53 Å². The lowest BCUT2D eigenvalue weighted by molar-refractivity contribution is -0.139. The van der Waals surface area contributed by atoms with Crippen LogP contribution in [0, 0.1) is 5.92 Å². The third-order valence-electron chi connectivity index (χ3n) is 5.42. The lowest BCUT2D eigenvalue weighted by Gasteiger charge is -2.15. The minimum Gasteiger partial charge on any atom is -0.435 e. The van der Waals surface area contributed by atoms with Gasteiger partial charge in [-0.15, -0.1) is 0 Å². The number of ether oxygens (including phenoxy) is 1. The van der Waals surface area contributed by atoms with E-state index in [9.17, 15) is 4.79 Å². The predicted octanol–water partition coefficient (Wildman–Crippen LogP) is 8.74. The minimum absolute atomic E-state index is 0.0461. The summed E-state index contributed by atoms with van der Waals surface area (Å²) in [5.74, 6) is 0.467. The van der Waals surface area contributed by atoms with Gasteiger partial charge in [-0.05, 0) is 31.3 Å². The van der Waals surface area contributed by atoms with E-state index in [1.807, 2.05) is 13.0 Å². The molecule has 27 heavy (non-hydrogen) atoms. The Morgan fingerprint density at radius 1 is 0.704 bits per heavy atom. The summed E-state index contributed by atoms with van der Waals surface area (Å²) in [6, 6.07) is 0. The maximum Gasteiger partial charge on any atom is 0.310 e. The van der Waals surface area contributed by atoms with Gasteiger partial charge in [-0.3, -0.25) is 4.79 Å². The highest BCUT2D eigenvalue weighted by Crippen LogP contribution is 2.23. The molecular formula is C25H48O2. The molecule has 0 aromatic rings. The maximum absolute atomic E-state index is 12.1. The summed E-state index contributed by atoms with van der Waals surface area (Å²) in [6.07, 6.45) is 26.2. The van der Waals surface area contributed by atoms with Gasteiger partial charge in [0.1, 0.15) is 0 Å². The highest BCUT2D eigenvalue weighted by Gasteiger charge is 2.14. The van der Waals surface area contributed by atoms with Crippen molar-refractivity contribution in [2.24, 2.45) is 5.92 Å². The summed E-state index contributed by atoms with van der Waals surface area (Å²) in [7, 11) is 0. The van der Waals surface area contributed by atoms with Gasteiger partial charge in [0.15, 0.2) is 0 Å². The van der Waals surface area contributed by atoms with E-state index < -0.39 is 0 Å². The molecule has 0 fully saturated rings. The molecule has 160 valence electrons. The fourth-order valence-electron chi connectivity index (χ4n) is 3.63. The Bertz CT molecular complexity index is 335. The van der Waals surface area contributed by atoms with Crippen LogP contribution < -0.4 is 0 Å². The zero-order valence-corrected chi connectivity index (χ0v) is 18.8. The van der Waals surface area contributed by atoms with E-state index in [4.69, 9.17) is 4.74 Å². The summed E-state index contributed by atoms with van der Waals surface area (Å²) in [5.41, 5.74) is 0. The second-order valence-corrected chi connectivity index (χ2v) is 8.16. The monoisotopic (exact) mass is 380 g/mol. The van der Waals surface area contributed by atoms with Crippen LogP contribution in [0.25, 0.3) is 0 Å². The molecule has 0 radical (unpaired) electrons. The Balaban J connectivity index is 4.00. The normalized spacial score (nSPS) is 12.6. The van der Waals surface area contributed by atoms with Crippen molar-refractivity contribution in [1.82, 2.24) is 0 Å². The lowest BCUT2D eigenvalue weighted by Crippen LogP contribution is -2.10. The molecule has 0 aliphatic heterocycles. The summed E-state index contributed by atoms with van der Waals surface area (Å²) in [4.78, 5) is 12.1. The third kappa shape index (κ3) is 19.8. The molecule has 0 heterocycles. The van der Waals surface area contributed by atoms with Crippen molar-refractivity contribution in [3.05, 3.63) is 12.3 Å². The standard InChI is InChI=1S/C25H48O2/c1-4-7-10-12-14-15-17-19-21-24(20-18-16-13-11-8-5-2)23-25(26)27-22-9-6-3/h9,22,24H,4-8,10-21,23H2,1-3H3/b22-9+. The average Bonchev–Trinajstić information content (AvgIpc) is 2.66. The second-order valence-electron chi connectivity index (χ2n) is 8.16. The van der Waals surface area contributed by atoms with Crippen molar-refractivity contribution in [3.8, 4) is 0 Å². The topological polar surface area (TPSA) is 26.3 Å². The molecule has 0 aliphatic rings. The summed E-state index contributed by atoms with van der Waals surface area (Å²) >= 11 is 0. The van der Waals surface area contributed by atoms with Crippen LogP contribution in [0.5, 0.6) is 0 Å². The van der Waals surface area contributed by atoms with Crippen molar-refractivity contribution in [2.75, 3.05) is 0 Å². The number of esters is 1. The SMILES string of the molecule is CC/C=C/OC(=O)CC(CCCCCCCC)CCCCCCCCCC. The Hall–Kier alpha value is -0.790. The summed E-state index contributed by atoms with van der Waals surface area (Å²) in [6.45, 7) is 6.58. The van der Waals surface area contributed by atoms with E-state index in [1.54, 1.807) is 6.26 Å². The first-order valence-electron chi connectivity index (χ1n) is 12.1. The zero-order chi connectivity index (χ0) is 20.0. The molecule has 0 saturated carbocycles. The van der Waals surface area contributed by atoms with Gasteiger partial charge in [-0.25, -0.2) is 0 Å². The molecule has 0 bridgehead atoms. The Labute approximate surface area is 170 Å². The van der Waals surface area contributed by atoms with Crippen molar-refractivity contribution in [3.63, 3.8) is 0 Å². The van der Waals surface area contributed by atoms with E-state index in [0.29, 0.717) is 12.3 Å². The van der Waals surface area contributed by atoms with E-state index in [0.717, 1.165) is 6.42 Å². The molecule has 0 aromatic heterocycles. The zero-order valence-electron chi connectivity index (χ0n) is 18.8. The van der Waals surface area contributed by atoms with Gasteiger partial charge in [-0.1, -0.05) is 111 Å². The van der Waals surface area contributed by atoms with Crippen LogP contribution in [0.2, 0.25) is 0 Å². The number of allylic oxidation sites excluding steroid dienone is 1. The maximum atomic E-state index is 12.1. The van der Waals surface area contributed by atoms with Crippen LogP contribution in [0.15, 0.2) is 12.3 Å².